The van der Waals surface area contributed by atoms with Gasteiger partial charge in [-0.1, -0.05) is 6.42 Å². The van der Waals surface area contributed by atoms with Crippen molar-refractivity contribution >= 4 is 17.4 Å². The molecule has 1 heterocycles. The van der Waals surface area contributed by atoms with Gasteiger partial charge in [0.15, 0.2) is 5.82 Å². The average molecular weight is 233 g/mol. The number of nitrogens with one attached hydrogen (secondary N) is 1. The maximum Gasteiger partial charge on any atom is 0.224 e. The van der Waals surface area contributed by atoms with Gasteiger partial charge in [0.1, 0.15) is 0 Å². The van der Waals surface area contributed by atoms with Gasteiger partial charge in [-0.3, -0.25) is 4.79 Å². The number of carbonyl (C=O) groups excluding carboxylic acids is 1. The van der Waals surface area contributed by atoms with E-state index in [1.807, 2.05) is 31.1 Å². The lowest BCUT2D eigenvalue weighted by Crippen LogP contribution is -2.22. The highest BCUT2D eigenvalue weighted by atomic mass is 16.1. The van der Waals surface area contributed by atoms with E-state index < -0.39 is 0 Å². The number of nitrogens with zero attached hydrogens (tertiary/aromatic N) is 2. The van der Waals surface area contributed by atoms with Crippen molar-refractivity contribution in [2.45, 2.75) is 25.7 Å². The molecule has 2 rings (SSSR count). The van der Waals surface area contributed by atoms with Gasteiger partial charge in [-0.25, -0.2) is 4.98 Å². The van der Waals surface area contributed by atoms with Crippen molar-refractivity contribution in [3.8, 4) is 0 Å². The number of rotatable bonds is 4. The second kappa shape index (κ2) is 5.17. The quantitative estimate of drug-likeness (QED) is 0.867. The zero-order chi connectivity index (χ0) is 12.3. The molecule has 1 aromatic heterocycles. The van der Waals surface area contributed by atoms with E-state index in [2.05, 4.69) is 10.3 Å². The van der Waals surface area contributed by atoms with Crippen molar-refractivity contribution in [3.05, 3.63) is 18.3 Å². The van der Waals surface area contributed by atoms with Gasteiger partial charge in [0.2, 0.25) is 5.91 Å². The van der Waals surface area contributed by atoms with Gasteiger partial charge in [-0.05, 0) is 30.9 Å². The molecular weight excluding hydrogens is 214 g/mol. The van der Waals surface area contributed by atoms with Gasteiger partial charge in [0.25, 0.3) is 0 Å². The molecule has 0 bridgehead atoms. The van der Waals surface area contributed by atoms with Crippen LogP contribution in [-0.4, -0.2) is 25.0 Å². The summed E-state index contributed by atoms with van der Waals surface area (Å²) in [7, 11) is 3.84. The van der Waals surface area contributed by atoms with Crippen LogP contribution in [0.2, 0.25) is 0 Å². The Morgan fingerprint density at radius 1 is 1.53 bits per heavy atom. The number of hydrogen-bond donors (Lipinski definition) is 1. The van der Waals surface area contributed by atoms with Crippen molar-refractivity contribution in [1.29, 1.82) is 0 Å². The molecule has 0 atom stereocenters. The van der Waals surface area contributed by atoms with Gasteiger partial charge in [0.05, 0.1) is 5.69 Å². The monoisotopic (exact) mass is 233 g/mol. The number of aromatic nitrogens is 1. The second-order valence-electron chi connectivity index (χ2n) is 4.82. The summed E-state index contributed by atoms with van der Waals surface area (Å²) in [5, 5.41) is 2.95. The zero-order valence-electron chi connectivity index (χ0n) is 10.4. The lowest BCUT2D eigenvalue weighted by Gasteiger charge is -2.24. The van der Waals surface area contributed by atoms with Crippen LogP contribution < -0.4 is 10.2 Å². The van der Waals surface area contributed by atoms with Crippen LogP contribution in [0.4, 0.5) is 11.5 Å². The third-order valence-electron chi connectivity index (χ3n) is 3.18. The largest absolute Gasteiger partial charge is 0.361 e. The molecule has 0 aromatic carbocycles. The molecule has 92 valence electrons. The maximum atomic E-state index is 11.8. The molecular formula is C13H19N3O. The van der Waals surface area contributed by atoms with Crippen LogP contribution in [0.3, 0.4) is 0 Å². The Hall–Kier alpha value is -1.58. The fraction of sp³-hybridized carbons (Fsp3) is 0.538. The molecule has 1 aromatic rings. The van der Waals surface area contributed by atoms with Crippen molar-refractivity contribution in [2.24, 2.45) is 5.92 Å². The zero-order valence-corrected chi connectivity index (χ0v) is 10.4. The Morgan fingerprint density at radius 3 is 2.88 bits per heavy atom. The first-order valence-corrected chi connectivity index (χ1v) is 6.09. The van der Waals surface area contributed by atoms with E-state index in [9.17, 15) is 4.79 Å². The molecule has 1 aliphatic carbocycles. The molecule has 0 aliphatic heterocycles. The number of pyridine rings is 1. The van der Waals surface area contributed by atoms with E-state index in [1.165, 1.54) is 19.3 Å². The van der Waals surface area contributed by atoms with Crippen LogP contribution in [-0.2, 0) is 4.79 Å². The summed E-state index contributed by atoms with van der Waals surface area (Å²) >= 11 is 0. The molecule has 0 spiro atoms. The molecule has 0 saturated heterocycles. The minimum Gasteiger partial charge on any atom is -0.361 e. The summed E-state index contributed by atoms with van der Waals surface area (Å²) in [5.74, 6) is 1.50. The van der Waals surface area contributed by atoms with Crippen LogP contribution >= 0.6 is 0 Å². The smallest absolute Gasteiger partial charge is 0.224 e. The Kier molecular flexibility index (Phi) is 3.61. The topological polar surface area (TPSA) is 45.2 Å². The predicted octanol–water partition coefficient (Wildman–Crippen LogP) is 2.28. The van der Waals surface area contributed by atoms with Crippen LogP contribution in [0.1, 0.15) is 25.7 Å². The standard InChI is InChI=1S/C13H19N3O/c1-16(2)13-11(7-4-8-14-13)15-12(17)9-10-5-3-6-10/h4,7-8,10H,3,5-6,9H2,1-2H3,(H,15,17). The first-order valence-electron chi connectivity index (χ1n) is 6.09. The van der Waals surface area contributed by atoms with E-state index in [0.29, 0.717) is 12.3 Å². The summed E-state index contributed by atoms with van der Waals surface area (Å²) in [6.45, 7) is 0. The van der Waals surface area contributed by atoms with Gasteiger partial charge in [-0.15, -0.1) is 0 Å². The summed E-state index contributed by atoms with van der Waals surface area (Å²) in [6.07, 6.45) is 6.04. The van der Waals surface area contributed by atoms with Crippen molar-refractivity contribution < 1.29 is 4.79 Å². The third-order valence-corrected chi connectivity index (χ3v) is 3.18. The first-order chi connectivity index (χ1) is 8.16. The van der Waals surface area contributed by atoms with Gasteiger partial charge in [-0.2, -0.15) is 0 Å². The highest BCUT2D eigenvalue weighted by molar-refractivity contribution is 5.93. The fourth-order valence-corrected chi connectivity index (χ4v) is 2.01. The van der Waals surface area contributed by atoms with E-state index in [0.717, 1.165) is 11.5 Å². The lowest BCUT2D eigenvalue weighted by atomic mass is 9.83. The van der Waals surface area contributed by atoms with E-state index in [1.54, 1.807) is 6.20 Å². The normalized spacial score (nSPS) is 15.2. The lowest BCUT2D eigenvalue weighted by molar-refractivity contribution is -0.117. The molecule has 17 heavy (non-hydrogen) atoms. The minimum atomic E-state index is 0.103. The van der Waals surface area contributed by atoms with Gasteiger partial charge in [0, 0.05) is 26.7 Å². The summed E-state index contributed by atoms with van der Waals surface area (Å²) in [5.41, 5.74) is 0.793. The number of amides is 1. The first kappa shape index (κ1) is 11.9. The van der Waals surface area contributed by atoms with Gasteiger partial charge >= 0.3 is 0 Å². The molecule has 0 radical (unpaired) electrons. The molecule has 4 nitrogen and oxygen atoms in total. The Morgan fingerprint density at radius 2 is 2.29 bits per heavy atom. The van der Waals surface area contributed by atoms with Crippen molar-refractivity contribution in [3.63, 3.8) is 0 Å². The highest BCUT2D eigenvalue weighted by Gasteiger charge is 2.21. The average Bonchev–Trinajstić information content (AvgIpc) is 2.24. The number of anilines is 2. The molecule has 4 heteroatoms. The van der Waals surface area contributed by atoms with Crippen LogP contribution in [0, 0.1) is 5.92 Å². The molecule has 1 amide bonds. The van der Waals surface area contributed by atoms with Crippen LogP contribution in [0.25, 0.3) is 0 Å². The molecule has 0 unspecified atom stereocenters. The summed E-state index contributed by atoms with van der Waals surface area (Å²) in [4.78, 5) is 18.0. The second-order valence-corrected chi connectivity index (χ2v) is 4.82. The van der Waals surface area contributed by atoms with Crippen LogP contribution in [0.15, 0.2) is 18.3 Å². The molecule has 1 N–H and O–H groups in total. The minimum absolute atomic E-state index is 0.103. The Balaban J connectivity index is 1.99. The van der Waals surface area contributed by atoms with E-state index in [-0.39, 0.29) is 5.91 Å². The predicted molar refractivity (Wildman–Crippen MR) is 69.2 cm³/mol. The summed E-state index contributed by atoms with van der Waals surface area (Å²) in [6, 6.07) is 3.73. The highest BCUT2D eigenvalue weighted by Crippen LogP contribution is 2.30. The molecule has 1 aliphatic rings. The number of carbonyl (C=O) groups is 1. The molecule has 1 saturated carbocycles. The van der Waals surface area contributed by atoms with Gasteiger partial charge < -0.3 is 10.2 Å². The molecule has 1 fully saturated rings. The Bertz CT molecular complexity index is 399. The maximum absolute atomic E-state index is 11.8. The number of hydrogen-bond acceptors (Lipinski definition) is 3. The van der Waals surface area contributed by atoms with E-state index in [4.69, 9.17) is 0 Å². The third kappa shape index (κ3) is 2.96. The van der Waals surface area contributed by atoms with E-state index >= 15 is 0 Å². The van der Waals surface area contributed by atoms with Crippen LogP contribution in [0.5, 0.6) is 0 Å². The SMILES string of the molecule is CN(C)c1ncccc1NC(=O)CC1CCC1. The van der Waals surface area contributed by atoms with Crippen molar-refractivity contribution in [2.75, 3.05) is 24.3 Å². The van der Waals surface area contributed by atoms with Crippen molar-refractivity contribution in [1.82, 2.24) is 4.98 Å². The Labute approximate surface area is 102 Å². The fourth-order valence-electron chi connectivity index (χ4n) is 2.01. The summed E-state index contributed by atoms with van der Waals surface area (Å²) < 4.78 is 0.